The first kappa shape index (κ1) is 25.6. The fraction of sp³-hybridized carbons (Fsp3) is 0.600. The number of rotatable bonds is 3. The maximum absolute atomic E-state index is 13.8. The van der Waals surface area contributed by atoms with Crippen molar-refractivity contribution in [1.82, 2.24) is 14.8 Å². The van der Waals surface area contributed by atoms with Crippen molar-refractivity contribution in [3.05, 3.63) is 49.9 Å². The Morgan fingerprint density at radius 1 is 0.974 bits per heavy atom. The number of aromatic amines is 1. The molecule has 5 aliphatic rings. The fourth-order valence-electron chi connectivity index (χ4n) is 8.18. The number of piperidine rings is 1. The summed E-state index contributed by atoms with van der Waals surface area (Å²) in [5.41, 5.74) is 2.47. The van der Waals surface area contributed by atoms with Crippen molar-refractivity contribution in [1.29, 1.82) is 0 Å². The highest BCUT2D eigenvalue weighted by Gasteiger charge is 2.69. The van der Waals surface area contributed by atoms with E-state index in [4.69, 9.17) is 0 Å². The minimum atomic E-state index is -0.355. The molecule has 2 aliphatic carbocycles. The molecule has 4 heterocycles. The number of hydrogen-bond donors (Lipinski definition) is 1. The second-order valence-electron chi connectivity index (χ2n) is 13.0. The van der Waals surface area contributed by atoms with Gasteiger partial charge in [-0.15, -0.1) is 11.8 Å². The average Bonchev–Trinajstić information content (AvgIpc) is 3.64. The summed E-state index contributed by atoms with van der Waals surface area (Å²) in [4.78, 5) is 60.2. The zero-order chi connectivity index (χ0) is 27.2. The zero-order valence-electron chi connectivity index (χ0n) is 22.6. The molecule has 3 amide bonds. The van der Waals surface area contributed by atoms with Gasteiger partial charge in [-0.3, -0.25) is 24.1 Å². The highest BCUT2D eigenvalue weighted by atomic mass is 32.2. The van der Waals surface area contributed by atoms with Gasteiger partial charge in [0.1, 0.15) is 6.54 Å². The zero-order valence-corrected chi connectivity index (χ0v) is 24.3. The van der Waals surface area contributed by atoms with E-state index in [9.17, 15) is 19.2 Å². The van der Waals surface area contributed by atoms with Crippen LogP contribution >= 0.6 is 23.1 Å². The van der Waals surface area contributed by atoms with Crippen molar-refractivity contribution in [2.45, 2.75) is 68.1 Å². The molecule has 2 saturated heterocycles. The van der Waals surface area contributed by atoms with Crippen LogP contribution in [0.1, 0.15) is 68.4 Å². The molecule has 39 heavy (non-hydrogen) atoms. The van der Waals surface area contributed by atoms with Crippen molar-refractivity contribution in [2.24, 2.45) is 29.6 Å². The van der Waals surface area contributed by atoms with E-state index in [0.29, 0.717) is 13.1 Å². The number of likely N-dealkylation sites (tertiary alicyclic amines) is 2. The summed E-state index contributed by atoms with van der Waals surface area (Å²) in [5, 5.41) is 1.09. The van der Waals surface area contributed by atoms with Crippen LogP contribution in [0.2, 0.25) is 0 Å². The van der Waals surface area contributed by atoms with E-state index in [1.165, 1.54) is 27.4 Å². The number of nitrogens with zero attached hydrogens (tertiary/aromatic N) is 2. The van der Waals surface area contributed by atoms with Gasteiger partial charge in [-0.2, -0.15) is 0 Å². The van der Waals surface area contributed by atoms with E-state index < -0.39 is 0 Å². The molecule has 7 rings (SSSR count). The lowest BCUT2D eigenvalue weighted by Crippen LogP contribution is -2.45. The third-order valence-electron chi connectivity index (χ3n) is 9.95. The summed E-state index contributed by atoms with van der Waals surface area (Å²) in [7, 11) is 0. The van der Waals surface area contributed by atoms with Crippen LogP contribution in [0.25, 0.3) is 0 Å². The fourth-order valence-corrected chi connectivity index (χ4v) is 11.1. The molecule has 0 radical (unpaired) electrons. The molecule has 6 unspecified atom stereocenters. The van der Waals surface area contributed by atoms with Crippen molar-refractivity contribution in [3.8, 4) is 0 Å². The first-order valence-corrected chi connectivity index (χ1v) is 16.0. The number of amides is 3. The lowest BCUT2D eigenvalue weighted by molar-refractivity contribution is -0.147. The quantitative estimate of drug-likeness (QED) is 0.563. The van der Waals surface area contributed by atoms with Gasteiger partial charge in [0.15, 0.2) is 0 Å². The monoisotopic (exact) mass is 565 g/mol. The Balaban J connectivity index is 1.21. The molecule has 1 aromatic heterocycles. The number of aromatic nitrogens is 1. The van der Waals surface area contributed by atoms with Crippen LogP contribution in [-0.2, 0) is 19.8 Å². The Bertz CT molecular complexity index is 1400. The number of thioether (sulfide) groups is 1. The van der Waals surface area contributed by atoms with Crippen LogP contribution < -0.4 is 4.87 Å². The van der Waals surface area contributed by atoms with Crippen LogP contribution in [0.5, 0.6) is 0 Å². The summed E-state index contributed by atoms with van der Waals surface area (Å²) in [6.07, 6.45) is 3.94. The minimum Gasteiger partial charge on any atom is -0.341 e. The van der Waals surface area contributed by atoms with E-state index in [2.05, 4.69) is 50.0 Å². The average molecular weight is 566 g/mol. The summed E-state index contributed by atoms with van der Waals surface area (Å²) < 4.78 is 0. The minimum absolute atomic E-state index is 0.0205. The van der Waals surface area contributed by atoms with E-state index in [1.54, 1.807) is 11.8 Å². The van der Waals surface area contributed by atoms with Gasteiger partial charge in [0.05, 0.1) is 16.9 Å². The van der Waals surface area contributed by atoms with Crippen LogP contribution in [-0.4, -0.2) is 57.4 Å². The molecule has 0 spiro atoms. The van der Waals surface area contributed by atoms with Gasteiger partial charge in [0.25, 0.3) is 0 Å². The Hall–Kier alpha value is -2.39. The van der Waals surface area contributed by atoms with Crippen LogP contribution in [0.3, 0.4) is 0 Å². The number of carbonyl (C=O) groups excluding carboxylic acids is 3. The van der Waals surface area contributed by atoms with E-state index in [0.717, 1.165) is 35.6 Å². The van der Waals surface area contributed by atoms with Gasteiger partial charge in [0, 0.05) is 29.1 Å². The lowest BCUT2D eigenvalue weighted by atomic mass is 9.68. The molecule has 1 aromatic carbocycles. The van der Waals surface area contributed by atoms with Crippen molar-refractivity contribution >= 4 is 40.8 Å². The molecule has 206 valence electrons. The molecule has 7 nitrogen and oxygen atoms in total. The maximum Gasteiger partial charge on any atom is 0.305 e. The number of H-pyrrole nitrogens is 1. The SMILES string of the molecule is CC(C)(C)c1ccc([C@H]2c3sc(=O)[nH]c3SC3C4CC(C5C(=O)N(CC(=O)N6CCCCC6)C(=O)C45)C32)cc1. The molecule has 4 fully saturated rings. The summed E-state index contributed by atoms with van der Waals surface area (Å²) in [6.45, 7) is 7.91. The number of nitrogens with one attached hydrogen (secondary N) is 1. The molecular weight excluding hydrogens is 530 g/mol. The standard InChI is InChI=1S/C30H35N3O4S2/c1-30(2,3)16-9-7-15(8-10-16)20-21-17-13-18(24(21)38-26-25(20)39-29(37)31-26)23-22(17)27(35)33(28(23)36)14-19(34)32-11-5-4-6-12-32/h7-10,17-18,20-24H,4-6,11-14H2,1-3H3,(H,31,37)/t17?,18?,20-,21?,22?,23?,24?/m1/s1. The molecule has 3 aliphatic heterocycles. The van der Waals surface area contributed by atoms with Crippen LogP contribution in [0.15, 0.2) is 34.1 Å². The predicted octanol–water partition coefficient (Wildman–Crippen LogP) is 4.22. The number of carbonyl (C=O) groups is 3. The number of benzene rings is 1. The van der Waals surface area contributed by atoms with E-state index in [-0.39, 0.29) is 75.3 Å². The number of thiazole rings is 1. The summed E-state index contributed by atoms with van der Waals surface area (Å²) >= 11 is 2.99. The highest BCUT2D eigenvalue weighted by molar-refractivity contribution is 8.00. The summed E-state index contributed by atoms with van der Waals surface area (Å²) in [6, 6.07) is 8.77. The third kappa shape index (κ3) is 3.90. The Morgan fingerprint density at radius 2 is 1.64 bits per heavy atom. The van der Waals surface area contributed by atoms with Gasteiger partial charge in [-0.25, -0.2) is 0 Å². The lowest BCUT2D eigenvalue weighted by Gasteiger charge is -2.43. The van der Waals surface area contributed by atoms with Crippen LogP contribution in [0, 0.1) is 29.6 Å². The number of hydrogen-bond acceptors (Lipinski definition) is 6. The Kier molecular flexibility index (Phi) is 5.94. The Labute approximate surface area is 236 Å². The van der Waals surface area contributed by atoms with Gasteiger partial charge >= 0.3 is 4.87 Å². The van der Waals surface area contributed by atoms with Crippen molar-refractivity contribution < 1.29 is 14.4 Å². The van der Waals surface area contributed by atoms with Gasteiger partial charge in [-0.05, 0) is 60.0 Å². The van der Waals surface area contributed by atoms with E-state index >= 15 is 0 Å². The molecule has 2 bridgehead atoms. The number of imide groups is 1. The first-order valence-electron chi connectivity index (χ1n) is 14.3. The molecule has 2 saturated carbocycles. The largest absolute Gasteiger partial charge is 0.341 e. The molecule has 1 N–H and O–H groups in total. The molecule has 2 aromatic rings. The first-order chi connectivity index (χ1) is 18.6. The molecular formula is C30H35N3O4S2. The second-order valence-corrected chi connectivity index (χ2v) is 15.2. The maximum atomic E-state index is 13.8. The van der Waals surface area contributed by atoms with Gasteiger partial charge < -0.3 is 9.88 Å². The van der Waals surface area contributed by atoms with E-state index in [1.807, 2.05) is 4.90 Å². The van der Waals surface area contributed by atoms with Crippen molar-refractivity contribution in [3.63, 3.8) is 0 Å². The number of fused-ring (bicyclic) bond motifs is 9. The van der Waals surface area contributed by atoms with Crippen molar-refractivity contribution in [2.75, 3.05) is 19.6 Å². The smallest absolute Gasteiger partial charge is 0.305 e. The highest BCUT2D eigenvalue weighted by Crippen LogP contribution is 2.68. The predicted molar refractivity (Wildman–Crippen MR) is 151 cm³/mol. The second kappa shape index (κ2) is 9.06. The summed E-state index contributed by atoms with van der Waals surface area (Å²) in [5.74, 6) is -0.766. The molecule has 9 heteroatoms. The molecule has 7 atom stereocenters. The van der Waals surface area contributed by atoms with Crippen LogP contribution in [0.4, 0.5) is 0 Å². The topological polar surface area (TPSA) is 90.6 Å². The van der Waals surface area contributed by atoms with Gasteiger partial charge in [0.2, 0.25) is 17.7 Å². The third-order valence-corrected chi connectivity index (χ3v) is 12.5. The normalized spacial score (nSPS) is 33.4. The van der Waals surface area contributed by atoms with Gasteiger partial charge in [-0.1, -0.05) is 56.4 Å². The Morgan fingerprint density at radius 3 is 2.31 bits per heavy atom.